The first-order valence-electron chi connectivity index (χ1n) is 9.52. The lowest BCUT2D eigenvalue weighted by Crippen LogP contribution is -2.42. The van der Waals surface area contributed by atoms with Crippen molar-refractivity contribution >= 4 is 11.8 Å². The summed E-state index contributed by atoms with van der Waals surface area (Å²) in [6.07, 6.45) is 2.07. The zero-order valence-corrected chi connectivity index (χ0v) is 15.8. The first-order chi connectivity index (χ1) is 13.1. The first kappa shape index (κ1) is 19.1. The van der Waals surface area contributed by atoms with E-state index in [0.29, 0.717) is 19.4 Å². The minimum Gasteiger partial charge on any atom is -0.353 e. The highest BCUT2D eigenvalue weighted by molar-refractivity contribution is 5.84. The summed E-state index contributed by atoms with van der Waals surface area (Å²) in [7, 11) is 0. The molecule has 27 heavy (non-hydrogen) atoms. The highest BCUT2D eigenvalue weighted by Crippen LogP contribution is 2.21. The van der Waals surface area contributed by atoms with Gasteiger partial charge in [0.1, 0.15) is 0 Å². The van der Waals surface area contributed by atoms with Crippen LogP contribution < -0.4 is 16.0 Å². The Bertz CT molecular complexity index is 786. The van der Waals surface area contributed by atoms with E-state index in [1.807, 2.05) is 43.3 Å². The van der Waals surface area contributed by atoms with Gasteiger partial charge in [0.05, 0.1) is 6.54 Å². The molecule has 0 radical (unpaired) electrons. The van der Waals surface area contributed by atoms with Crippen LogP contribution in [0.2, 0.25) is 0 Å². The number of amides is 2. The Hall–Kier alpha value is -2.66. The van der Waals surface area contributed by atoms with Gasteiger partial charge >= 0.3 is 0 Å². The van der Waals surface area contributed by atoms with Crippen LogP contribution in [0.15, 0.2) is 48.5 Å². The Morgan fingerprint density at radius 2 is 1.81 bits per heavy atom. The van der Waals surface area contributed by atoms with Crippen LogP contribution in [0.4, 0.5) is 0 Å². The molecule has 0 saturated carbocycles. The van der Waals surface area contributed by atoms with Crippen LogP contribution in [0.1, 0.15) is 34.7 Å². The molecule has 0 aromatic heterocycles. The smallest absolute Gasteiger partial charge is 0.239 e. The zero-order valence-electron chi connectivity index (χ0n) is 15.8. The van der Waals surface area contributed by atoms with E-state index >= 15 is 0 Å². The van der Waals surface area contributed by atoms with Gasteiger partial charge in [-0.15, -0.1) is 0 Å². The van der Waals surface area contributed by atoms with Gasteiger partial charge in [-0.2, -0.15) is 0 Å². The Kier molecular flexibility index (Phi) is 6.60. The van der Waals surface area contributed by atoms with Crippen LogP contribution >= 0.6 is 0 Å². The van der Waals surface area contributed by atoms with E-state index in [1.54, 1.807) is 0 Å². The van der Waals surface area contributed by atoms with Crippen LogP contribution in [0.3, 0.4) is 0 Å². The van der Waals surface area contributed by atoms with E-state index in [-0.39, 0.29) is 24.4 Å². The van der Waals surface area contributed by atoms with Gasteiger partial charge in [-0.25, -0.2) is 0 Å². The van der Waals surface area contributed by atoms with Crippen molar-refractivity contribution in [1.82, 2.24) is 16.0 Å². The van der Waals surface area contributed by atoms with Gasteiger partial charge in [-0.05, 0) is 43.0 Å². The Labute approximate surface area is 160 Å². The molecule has 1 aliphatic heterocycles. The van der Waals surface area contributed by atoms with Gasteiger partial charge in [-0.3, -0.25) is 9.59 Å². The number of aryl methyl sites for hydroxylation is 2. The van der Waals surface area contributed by atoms with Crippen LogP contribution in [0.5, 0.6) is 0 Å². The predicted octanol–water partition coefficient (Wildman–Crippen LogP) is 2.05. The molecule has 0 saturated heterocycles. The Morgan fingerprint density at radius 3 is 2.63 bits per heavy atom. The molecule has 3 rings (SSSR count). The molecule has 0 aliphatic carbocycles. The summed E-state index contributed by atoms with van der Waals surface area (Å²) in [6, 6.07) is 16.6. The molecule has 1 heterocycles. The summed E-state index contributed by atoms with van der Waals surface area (Å²) in [4.78, 5) is 24.0. The van der Waals surface area contributed by atoms with Gasteiger partial charge in [0.2, 0.25) is 11.8 Å². The van der Waals surface area contributed by atoms with Gasteiger partial charge in [0, 0.05) is 19.0 Å². The lowest BCUT2D eigenvalue weighted by Gasteiger charge is -2.27. The maximum absolute atomic E-state index is 12.1. The molecule has 2 aromatic rings. The van der Waals surface area contributed by atoms with Crippen LogP contribution in [0.25, 0.3) is 0 Å². The number of rotatable bonds is 7. The van der Waals surface area contributed by atoms with E-state index < -0.39 is 0 Å². The van der Waals surface area contributed by atoms with Crippen molar-refractivity contribution in [3.8, 4) is 0 Å². The average molecular weight is 365 g/mol. The first-order valence-corrected chi connectivity index (χ1v) is 9.52. The Balaban J connectivity index is 1.37. The van der Waals surface area contributed by atoms with Crippen molar-refractivity contribution in [2.45, 2.75) is 32.2 Å². The lowest BCUT2D eigenvalue weighted by atomic mass is 9.94. The molecule has 142 valence electrons. The highest BCUT2D eigenvalue weighted by Gasteiger charge is 2.19. The summed E-state index contributed by atoms with van der Waals surface area (Å²) in [5.41, 5.74) is 4.91. The molecular formula is C22H27N3O2. The minimum atomic E-state index is -0.163. The van der Waals surface area contributed by atoms with Crippen molar-refractivity contribution in [2.75, 3.05) is 19.6 Å². The summed E-state index contributed by atoms with van der Waals surface area (Å²) >= 11 is 0. The molecule has 5 nitrogen and oxygen atoms in total. The molecule has 5 heteroatoms. The minimum absolute atomic E-state index is 0.0150. The summed E-state index contributed by atoms with van der Waals surface area (Å²) < 4.78 is 0. The SMILES string of the molecule is Cc1ccc(CCC(=O)NCC(=O)NCC2NCCc3ccccc32)cc1. The van der Waals surface area contributed by atoms with Crippen molar-refractivity contribution in [3.63, 3.8) is 0 Å². The molecule has 0 bridgehead atoms. The number of benzene rings is 2. The number of carbonyl (C=O) groups is 2. The van der Waals surface area contributed by atoms with Crippen molar-refractivity contribution in [3.05, 3.63) is 70.8 Å². The fourth-order valence-electron chi connectivity index (χ4n) is 3.33. The average Bonchev–Trinajstić information content (AvgIpc) is 2.70. The highest BCUT2D eigenvalue weighted by atomic mass is 16.2. The van der Waals surface area contributed by atoms with Gasteiger partial charge in [-0.1, -0.05) is 54.1 Å². The van der Waals surface area contributed by atoms with Crippen LogP contribution in [0, 0.1) is 6.92 Å². The second kappa shape index (κ2) is 9.33. The molecule has 1 aliphatic rings. The molecule has 1 unspecified atom stereocenters. The summed E-state index contributed by atoms with van der Waals surface area (Å²) in [5.74, 6) is -0.268. The zero-order chi connectivity index (χ0) is 19.1. The third kappa shape index (κ3) is 5.66. The molecule has 3 N–H and O–H groups in total. The van der Waals surface area contributed by atoms with Gasteiger partial charge < -0.3 is 16.0 Å². The number of hydrogen-bond donors (Lipinski definition) is 3. The van der Waals surface area contributed by atoms with Crippen molar-refractivity contribution in [1.29, 1.82) is 0 Å². The Morgan fingerprint density at radius 1 is 1.04 bits per heavy atom. The molecule has 0 fully saturated rings. The standard InChI is InChI=1S/C22H27N3O2/c1-16-6-8-17(9-7-16)10-11-21(26)25-15-22(27)24-14-20-19-5-3-2-4-18(19)12-13-23-20/h2-9,20,23H,10-15H2,1H3,(H,24,27)(H,25,26). The molecule has 0 spiro atoms. The molecule has 2 aromatic carbocycles. The fraction of sp³-hybridized carbons (Fsp3) is 0.364. The quantitative estimate of drug-likeness (QED) is 0.703. The third-order valence-electron chi connectivity index (χ3n) is 4.93. The van der Waals surface area contributed by atoms with E-state index in [1.165, 1.54) is 16.7 Å². The summed E-state index contributed by atoms with van der Waals surface area (Å²) in [5, 5.41) is 9.05. The third-order valence-corrected chi connectivity index (χ3v) is 4.93. The van der Waals surface area contributed by atoms with Gasteiger partial charge in [0.15, 0.2) is 0 Å². The van der Waals surface area contributed by atoms with E-state index in [9.17, 15) is 9.59 Å². The van der Waals surface area contributed by atoms with Gasteiger partial charge in [0.25, 0.3) is 0 Å². The van der Waals surface area contributed by atoms with E-state index in [2.05, 4.69) is 28.1 Å². The van der Waals surface area contributed by atoms with E-state index in [4.69, 9.17) is 0 Å². The fourth-order valence-corrected chi connectivity index (χ4v) is 3.33. The topological polar surface area (TPSA) is 70.2 Å². The van der Waals surface area contributed by atoms with Crippen LogP contribution in [-0.2, 0) is 22.4 Å². The summed E-state index contributed by atoms with van der Waals surface area (Å²) in [6.45, 7) is 3.49. The molecule has 1 atom stereocenters. The number of carbonyl (C=O) groups excluding carboxylic acids is 2. The predicted molar refractivity (Wildman–Crippen MR) is 106 cm³/mol. The molecule has 2 amide bonds. The molecular weight excluding hydrogens is 338 g/mol. The maximum atomic E-state index is 12.1. The maximum Gasteiger partial charge on any atom is 0.239 e. The normalized spacial score (nSPS) is 15.7. The largest absolute Gasteiger partial charge is 0.353 e. The monoisotopic (exact) mass is 365 g/mol. The number of nitrogens with one attached hydrogen (secondary N) is 3. The van der Waals surface area contributed by atoms with Crippen molar-refractivity contribution in [2.24, 2.45) is 0 Å². The second-order valence-corrected chi connectivity index (χ2v) is 7.02. The van der Waals surface area contributed by atoms with E-state index in [0.717, 1.165) is 18.5 Å². The second-order valence-electron chi connectivity index (χ2n) is 7.02. The van der Waals surface area contributed by atoms with Crippen molar-refractivity contribution < 1.29 is 9.59 Å². The number of hydrogen-bond acceptors (Lipinski definition) is 3. The van der Waals surface area contributed by atoms with Crippen LogP contribution in [-0.4, -0.2) is 31.4 Å². The number of fused-ring (bicyclic) bond motifs is 1. The lowest BCUT2D eigenvalue weighted by molar-refractivity contribution is -0.126.